The summed E-state index contributed by atoms with van der Waals surface area (Å²) in [6.45, 7) is 2.85. The number of esters is 1. The number of aliphatic hydroxyl groups is 1. The summed E-state index contributed by atoms with van der Waals surface area (Å²) in [6, 6.07) is 0. The van der Waals surface area contributed by atoms with Gasteiger partial charge in [0, 0.05) is 32.9 Å². The molecule has 0 spiro atoms. The topological polar surface area (TPSA) is 49.8 Å². The monoisotopic (exact) mass is 173 g/mol. The second-order valence-electron chi connectivity index (χ2n) is 3.34. The third-order valence-electron chi connectivity index (χ3n) is 2.10. The molecule has 0 atom stereocenters. The van der Waals surface area contributed by atoms with Crippen molar-refractivity contribution in [3.8, 4) is 0 Å². The fourth-order valence-corrected chi connectivity index (χ4v) is 1.34. The van der Waals surface area contributed by atoms with E-state index in [1.165, 1.54) is 6.92 Å². The number of nitrogens with zero attached hydrogens (tertiary/aromatic N) is 1. The van der Waals surface area contributed by atoms with Crippen LogP contribution in [-0.4, -0.2) is 41.9 Å². The van der Waals surface area contributed by atoms with Gasteiger partial charge >= 0.3 is 5.97 Å². The summed E-state index contributed by atoms with van der Waals surface area (Å²) in [5.41, 5.74) is 0. The number of likely N-dealkylation sites (tertiary alicyclic amines) is 1. The van der Waals surface area contributed by atoms with Gasteiger partial charge in [-0.1, -0.05) is 0 Å². The maximum atomic E-state index is 10.6. The molecule has 1 rings (SSSR count). The quantitative estimate of drug-likeness (QED) is 0.446. The Balaban J connectivity index is 2.44. The third-order valence-corrected chi connectivity index (χ3v) is 2.10. The Morgan fingerprint density at radius 3 is 2.42 bits per heavy atom. The minimum Gasteiger partial charge on any atom is -0.433 e. The van der Waals surface area contributed by atoms with Crippen LogP contribution in [0.15, 0.2) is 0 Å². The van der Waals surface area contributed by atoms with Crippen LogP contribution in [0, 0.1) is 0 Å². The van der Waals surface area contributed by atoms with E-state index in [1.807, 2.05) is 7.05 Å². The molecule has 0 aromatic heterocycles. The summed E-state index contributed by atoms with van der Waals surface area (Å²) in [5.74, 6) is -1.62. The van der Waals surface area contributed by atoms with Gasteiger partial charge < -0.3 is 14.7 Å². The van der Waals surface area contributed by atoms with Gasteiger partial charge in [0.15, 0.2) is 0 Å². The zero-order valence-electron chi connectivity index (χ0n) is 7.54. The normalized spacial score (nSPS) is 23.6. The lowest BCUT2D eigenvalue weighted by Gasteiger charge is -2.35. The Morgan fingerprint density at radius 2 is 2.00 bits per heavy atom. The maximum Gasteiger partial charge on any atom is 0.305 e. The van der Waals surface area contributed by atoms with Crippen molar-refractivity contribution in [1.29, 1.82) is 0 Å². The van der Waals surface area contributed by atoms with Crippen LogP contribution in [0.5, 0.6) is 0 Å². The lowest BCUT2D eigenvalue weighted by Crippen LogP contribution is -2.45. The lowest BCUT2D eigenvalue weighted by molar-refractivity contribution is -0.221. The largest absolute Gasteiger partial charge is 0.433 e. The number of hydrogen-bond donors (Lipinski definition) is 1. The van der Waals surface area contributed by atoms with Gasteiger partial charge in [0.2, 0.25) is 5.79 Å². The second-order valence-corrected chi connectivity index (χ2v) is 3.34. The predicted molar refractivity (Wildman–Crippen MR) is 43.4 cm³/mol. The highest BCUT2D eigenvalue weighted by Crippen LogP contribution is 2.22. The Morgan fingerprint density at radius 1 is 1.50 bits per heavy atom. The second kappa shape index (κ2) is 3.41. The number of rotatable bonds is 1. The van der Waals surface area contributed by atoms with Gasteiger partial charge in [0.25, 0.3) is 0 Å². The number of ether oxygens (including phenoxy) is 1. The van der Waals surface area contributed by atoms with E-state index in [0.717, 1.165) is 13.1 Å². The van der Waals surface area contributed by atoms with Crippen molar-refractivity contribution in [3.05, 3.63) is 0 Å². The summed E-state index contributed by atoms with van der Waals surface area (Å²) in [7, 11) is 1.98. The van der Waals surface area contributed by atoms with Gasteiger partial charge in [-0.25, -0.2) is 0 Å². The molecule has 1 aliphatic heterocycles. The van der Waals surface area contributed by atoms with Crippen molar-refractivity contribution < 1.29 is 14.6 Å². The van der Waals surface area contributed by atoms with E-state index < -0.39 is 11.8 Å². The first-order chi connectivity index (χ1) is 5.52. The molecule has 0 radical (unpaired) electrons. The van der Waals surface area contributed by atoms with Crippen LogP contribution in [0.1, 0.15) is 19.8 Å². The first kappa shape index (κ1) is 9.48. The molecular formula is C8H15NO3. The minimum absolute atomic E-state index is 0.415. The van der Waals surface area contributed by atoms with Crippen LogP contribution in [0.25, 0.3) is 0 Å². The fraction of sp³-hybridized carbons (Fsp3) is 0.875. The fourth-order valence-electron chi connectivity index (χ4n) is 1.34. The molecule has 1 fully saturated rings. The molecule has 0 unspecified atom stereocenters. The molecular weight excluding hydrogens is 158 g/mol. The van der Waals surface area contributed by atoms with E-state index in [9.17, 15) is 9.90 Å². The number of carbonyl (C=O) groups excluding carboxylic acids is 1. The van der Waals surface area contributed by atoms with E-state index in [2.05, 4.69) is 4.90 Å². The molecule has 1 aliphatic rings. The minimum atomic E-state index is -1.21. The molecule has 0 aliphatic carbocycles. The molecule has 12 heavy (non-hydrogen) atoms. The summed E-state index contributed by atoms with van der Waals surface area (Å²) in [4.78, 5) is 12.7. The standard InChI is InChI=1S/C8H15NO3/c1-7(10)12-8(11)3-5-9(2)6-4-8/h11H,3-6H2,1-2H3. The van der Waals surface area contributed by atoms with E-state index in [0.29, 0.717) is 12.8 Å². The van der Waals surface area contributed by atoms with E-state index in [1.54, 1.807) is 0 Å². The average molecular weight is 173 g/mol. The van der Waals surface area contributed by atoms with Crippen LogP contribution in [0.3, 0.4) is 0 Å². The smallest absolute Gasteiger partial charge is 0.305 e. The van der Waals surface area contributed by atoms with Crippen LogP contribution in [-0.2, 0) is 9.53 Å². The van der Waals surface area contributed by atoms with Gasteiger partial charge in [-0.3, -0.25) is 4.79 Å². The Hall–Kier alpha value is -0.610. The summed E-state index contributed by atoms with van der Waals surface area (Å²) < 4.78 is 4.82. The highest BCUT2D eigenvalue weighted by atomic mass is 16.7. The van der Waals surface area contributed by atoms with Gasteiger partial charge in [0.05, 0.1) is 0 Å². The van der Waals surface area contributed by atoms with Crippen molar-refractivity contribution in [2.24, 2.45) is 0 Å². The van der Waals surface area contributed by atoms with E-state index >= 15 is 0 Å². The summed E-state index contributed by atoms with van der Waals surface area (Å²) >= 11 is 0. The zero-order chi connectivity index (χ0) is 9.19. The molecule has 1 heterocycles. The number of piperidine rings is 1. The number of hydrogen-bond acceptors (Lipinski definition) is 4. The van der Waals surface area contributed by atoms with E-state index in [-0.39, 0.29) is 0 Å². The molecule has 1 saturated heterocycles. The molecule has 0 aromatic carbocycles. The van der Waals surface area contributed by atoms with E-state index in [4.69, 9.17) is 4.74 Å². The van der Waals surface area contributed by atoms with Crippen molar-refractivity contribution in [2.75, 3.05) is 20.1 Å². The first-order valence-corrected chi connectivity index (χ1v) is 4.12. The Kier molecular flexibility index (Phi) is 2.69. The third kappa shape index (κ3) is 2.46. The van der Waals surface area contributed by atoms with Crippen molar-refractivity contribution in [1.82, 2.24) is 4.90 Å². The maximum absolute atomic E-state index is 10.6. The Bertz CT molecular complexity index is 173. The van der Waals surface area contributed by atoms with Gasteiger partial charge in [0.1, 0.15) is 0 Å². The molecule has 0 amide bonds. The molecule has 4 heteroatoms. The molecule has 0 bridgehead atoms. The predicted octanol–water partition coefficient (Wildman–Crippen LogP) is -0.0363. The number of carbonyl (C=O) groups is 1. The van der Waals surface area contributed by atoms with Crippen molar-refractivity contribution in [2.45, 2.75) is 25.6 Å². The molecule has 70 valence electrons. The van der Waals surface area contributed by atoms with Crippen LogP contribution in [0.4, 0.5) is 0 Å². The van der Waals surface area contributed by atoms with Crippen LogP contribution in [0.2, 0.25) is 0 Å². The highest BCUT2D eigenvalue weighted by Gasteiger charge is 2.33. The van der Waals surface area contributed by atoms with Crippen LogP contribution >= 0.6 is 0 Å². The SMILES string of the molecule is CC(=O)OC1(O)CCN(C)CC1. The van der Waals surface area contributed by atoms with Gasteiger partial charge in [-0.05, 0) is 7.05 Å². The molecule has 0 saturated carbocycles. The lowest BCUT2D eigenvalue weighted by atomic mass is 10.0. The molecule has 4 nitrogen and oxygen atoms in total. The van der Waals surface area contributed by atoms with Crippen molar-refractivity contribution >= 4 is 5.97 Å². The van der Waals surface area contributed by atoms with Gasteiger partial charge in [-0.2, -0.15) is 0 Å². The first-order valence-electron chi connectivity index (χ1n) is 4.12. The summed E-state index contributed by atoms with van der Waals surface area (Å²) in [6.07, 6.45) is 1.01. The molecule has 0 aromatic rings. The van der Waals surface area contributed by atoms with Crippen LogP contribution < -0.4 is 0 Å². The van der Waals surface area contributed by atoms with Gasteiger partial charge in [-0.15, -0.1) is 0 Å². The molecule has 1 N–H and O–H groups in total. The van der Waals surface area contributed by atoms with Crippen molar-refractivity contribution in [3.63, 3.8) is 0 Å². The zero-order valence-corrected chi connectivity index (χ0v) is 7.54. The average Bonchev–Trinajstić information content (AvgIpc) is 1.94. The highest BCUT2D eigenvalue weighted by molar-refractivity contribution is 5.66. The Labute approximate surface area is 72.1 Å². The summed E-state index contributed by atoms with van der Waals surface area (Å²) in [5, 5.41) is 9.69.